The van der Waals surface area contributed by atoms with Crippen molar-refractivity contribution in [1.29, 1.82) is 0 Å². The Morgan fingerprint density at radius 1 is 1.03 bits per heavy atom. The fourth-order valence-corrected chi connectivity index (χ4v) is 4.32. The van der Waals surface area contributed by atoms with E-state index in [1.54, 1.807) is 18.2 Å². The van der Waals surface area contributed by atoms with Gasteiger partial charge in [0.1, 0.15) is 6.61 Å². The Hall–Kier alpha value is -2.79. The van der Waals surface area contributed by atoms with Gasteiger partial charge in [-0.1, -0.05) is 42.5 Å². The van der Waals surface area contributed by atoms with E-state index in [0.29, 0.717) is 37.0 Å². The minimum atomic E-state index is -0.204. The van der Waals surface area contributed by atoms with Gasteiger partial charge in [0.15, 0.2) is 11.5 Å². The van der Waals surface area contributed by atoms with Crippen LogP contribution in [-0.4, -0.2) is 36.5 Å². The molecule has 1 aromatic rings. The van der Waals surface area contributed by atoms with Gasteiger partial charge in [-0.3, -0.25) is 4.79 Å². The Morgan fingerprint density at radius 3 is 2.11 bits per heavy atom. The average Bonchev–Trinajstić information content (AvgIpc) is 2.87. The minimum Gasteiger partial charge on any atom is -0.504 e. The predicted molar refractivity (Wildman–Crippen MR) is 142 cm³/mol. The Bertz CT molecular complexity index is 940. The minimum absolute atomic E-state index is 0.0983. The van der Waals surface area contributed by atoms with Gasteiger partial charge in [0, 0.05) is 6.42 Å². The summed E-state index contributed by atoms with van der Waals surface area (Å²) in [6, 6.07) is 5.10. The molecule has 0 saturated carbocycles. The molecule has 1 aromatic carbocycles. The molecule has 0 aromatic heterocycles. The van der Waals surface area contributed by atoms with Crippen molar-refractivity contribution in [2.75, 3.05) is 20.3 Å². The van der Waals surface area contributed by atoms with Crippen molar-refractivity contribution < 1.29 is 24.5 Å². The van der Waals surface area contributed by atoms with Crippen molar-refractivity contribution in [3.63, 3.8) is 0 Å². The zero-order chi connectivity index (χ0) is 25.8. The largest absolute Gasteiger partial charge is 0.504 e. The molecule has 192 valence electrons. The third-order valence-electron chi connectivity index (χ3n) is 6.89. The number of phenolic OH excluding ortho intramolecular Hbond substituents is 1. The predicted octanol–water partition coefficient (Wildman–Crippen LogP) is 6.46. The van der Waals surface area contributed by atoms with E-state index in [-0.39, 0.29) is 18.3 Å². The van der Waals surface area contributed by atoms with Crippen LogP contribution in [0.1, 0.15) is 64.4 Å². The molecule has 2 atom stereocenters. The third-order valence-corrected chi connectivity index (χ3v) is 6.89. The maximum Gasteiger partial charge on any atom is 0.306 e. The van der Waals surface area contributed by atoms with E-state index < -0.39 is 0 Å². The standard InChI is InChI=1S/C20H26O4.C10H16O/c1-14(2)17-8-4-16(5-9-17)13-24-20(22)11-7-15-6-10-18(21)19(12-15)23-3;1-8(2)10-5-3-9(7-11)4-6-10/h4,6,10,12,17,21H,1,5,7-9,11,13H2,2-3H3;3,10-11H,1,4-7H2,2H3/t17-;10-/m11/s1. The van der Waals surface area contributed by atoms with Gasteiger partial charge >= 0.3 is 5.97 Å². The second kappa shape index (κ2) is 14.6. The lowest BCUT2D eigenvalue weighted by Gasteiger charge is -2.22. The summed E-state index contributed by atoms with van der Waals surface area (Å²) in [5.41, 5.74) is 5.84. The number of carbonyl (C=O) groups is 1. The number of hydrogen-bond acceptors (Lipinski definition) is 5. The second-order valence-electron chi connectivity index (χ2n) is 9.69. The topological polar surface area (TPSA) is 76.0 Å². The summed E-state index contributed by atoms with van der Waals surface area (Å²) in [5, 5.41) is 18.4. The molecule has 2 aliphatic carbocycles. The monoisotopic (exact) mass is 482 g/mol. The van der Waals surface area contributed by atoms with Gasteiger partial charge in [-0.05, 0) is 99.5 Å². The van der Waals surface area contributed by atoms with Crippen molar-refractivity contribution in [2.24, 2.45) is 11.8 Å². The van der Waals surface area contributed by atoms with Crippen molar-refractivity contribution in [3.05, 3.63) is 71.4 Å². The lowest BCUT2D eigenvalue weighted by Crippen LogP contribution is -2.13. The third kappa shape index (κ3) is 9.77. The number of carbonyl (C=O) groups excluding carboxylic acids is 1. The number of aliphatic hydroxyl groups is 1. The number of ether oxygens (including phenoxy) is 2. The number of hydrogen-bond donors (Lipinski definition) is 2. The van der Waals surface area contributed by atoms with Crippen LogP contribution >= 0.6 is 0 Å². The summed E-state index contributed by atoms with van der Waals surface area (Å²) in [7, 11) is 1.50. The van der Waals surface area contributed by atoms with Gasteiger partial charge in [0.25, 0.3) is 0 Å². The molecule has 0 radical (unpaired) electrons. The van der Waals surface area contributed by atoms with E-state index in [1.807, 2.05) is 0 Å². The lowest BCUT2D eigenvalue weighted by atomic mass is 9.86. The van der Waals surface area contributed by atoms with E-state index in [4.69, 9.17) is 14.6 Å². The Balaban J connectivity index is 0.000000328. The summed E-state index contributed by atoms with van der Waals surface area (Å²) in [6.07, 6.45) is 11.6. The van der Waals surface area contributed by atoms with Crippen LogP contribution < -0.4 is 4.74 Å². The maximum absolute atomic E-state index is 11.9. The molecule has 35 heavy (non-hydrogen) atoms. The molecule has 5 heteroatoms. The summed E-state index contributed by atoms with van der Waals surface area (Å²) < 4.78 is 10.4. The van der Waals surface area contributed by atoms with Gasteiger partial charge in [-0.2, -0.15) is 0 Å². The maximum atomic E-state index is 11.9. The Labute approximate surface area is 210 Å². The number of allylic oxidation sites excluding steroid dienone is 4. The molecule has 2 aliphatic rings. The Kier molecular flexibility index (Phi) is 11.8. The molecule has 0 bridgehead atoms. The highest BCUT2D eigenvalue weighted by atomic mass is 16.5. The molecule has 0 amide bonds. The summed E-state index contributed by atoms with van der Waals surface area (Å²) in [4.78, 5) is 11.9. The SMILES string of the molecule is C=C(C)[C@@H]1CC=C(CO)CC1.C=C(C)[C@@H]1CC=C(COC(=O)CCc2ccc(O)c(OC)c2)CC1. The van der Waals surface area contributed by atoms with Gasteiger partial charge in [0.05, 0.1) is 13.7 Å². The van der Waals surface area contributed by atoms with Crippen LogP contribution in [0.3, 0.4) is 0 Å². The van der Waals surface area contributed by atoms with Crippen molar-refractivity contribution in [1.82, 2.24) is 0 Å². The fraction of sp³-hybridized carbons (Fsp3) is 0.500. The van der Waals surface area contributed by atoms with Gasteiger partial charge in [0.2, 0.25) is 0 Å². The highest BCUT2D eigenvalue weighted by Gasteiger charge is 2.16. The Morgan fingerprint density at radius 2 is 1.63 bits per heavy atom. The van der Waals surface area contributed by atoms with Gasteiger partial charge in [-0.25, -0.2) is 0 Å². The number of aliphatic hydroxyl groups excluding tert-OH is 1. The lowest BCUT2D eigenvalue weighted by molar-refractivity contribution is -0.142. The molecular formula is C30H42O5. The van der Waals surface area contributed by atoms with Crippen molar-refractivity contribution in [3.8, 4) is 11.5 Å². The van der Waals surface area contributed by atoms with Crippen molar-refractivity contribution in [2.45, 2.75) is 65.2 Å². The van der Waals surface area contributed by atoms with Crippen LogP contribution in [0.4, 0.5) is 0 Å². The molecule has 0 unspecified atom stereocenters. The first-order valence-electron chi connectivity index (χ1n) is 12.5. The van der Waals surface area contributed by atoms with Gasteiger partial charge in [-0.15, -0.1) is 0 Å². The molecular weight excluding hydrogens is 440 g/mol. The van der Waals surface area contributed by atoms with E-state index in [9.17, 15) is 9.90 Å². The fourth-order valence-electron chi connectivity index (χ4n) is 4.32. The second-order valence-corrected chi connectivity index (χ2v) is 9.69. The number of methoxy groups -OCH3 is 1. The van der Waals surface area contributed by atoms with E-state index in [2.05, 4.69) is 39.2 Å². The van der Waals surface area contributed by atoms with Crippen LogP contribution in [0.25, 0.3) is 0 Å². The zero-order valence-electron chi connectivity index (χ0n) is 21.6. The van der Waals surface area contributed by atoms with E-state index >= 15 is 0 Å². The van der Waals surface area contributed by atoms with E-state index in [1.165, 1.54) is 35.8 Å². The van der Waals surface area contributed by atoms with Crippen LogP contribution in [-0.2, 0) is 16.0 Å². The van der Waals surface area contributed by atoms with E-state index in [0.717, 1.165) is 37.7 Å². The molecule has 0 saturated heterocycles. The normalized spacial score (nSPS) is 19.4. The highest BCUT2D eigenvalue weighted by Crippen LogP contribution is 2.29. The number of aryl methyl sites for hydroxylation is 1. The van der Waals surface area contributed by atoms with Crippen molar-refractivity contribution >= 4 is 5.97 Å². The molecule has 0 spiro atoms. The quantitative estimate of drug-likeness (QED) is 0.312. The number of benzene rings is 1. The number of esters is 1. The molecule has 0 aliphatic heterocycles. The number of phenols is 1. The molecule has 3 rings (SSSR count). The first-order chi connectivity index (χ1) is 16.7. The molecule has 0 fully saturated rings. The smallest absolute Gasteiger partial charge is 0.306 e. The van der Waals surface area contributed by atoms with Gasteiger partial charge < -0.3 is 19.7 Å². The first kappa shape index (κ1) is 28.4. The van der Waals surface area contributed by atoms with Crippen LogP contribution in [0.5, 0.6) is 11.5 Å². The van der Waals surface area contributed by atoms with Crippen LogP contribution in [0.2, 0.25) is 0 Å². The zero-order valence-corrected chi connectivity index (χ0v) is 21.6. The van der Waals surface area contributed by atoms with Crippen LogP contribution in [0.15, 0.2) is 65.8 Å². The highest BCUT2D eigenvalue weighted by molar-refractivity contribution is 5.70. The molecule has 2 N–H and O–H groups in total. The van der Waals surface area contributed by atoms with Crippen LogP contribution in [0, 0.1) is 11.8 Å². The number of aromatic hydroxyl groups is 1. The molecule has 0 heterocycles. The summed E-state index contributed by atoms with van der Waals surface area (Å²) in [6.45, 7) is 12.7. The summed E-state index contributed by atoms with van der Waals surface area (Å²) in [5.74, 6) is 1.53. The first-order valence-corrected chi connectivity index (χ1v) is 12.5. The average molecular weight is 483 g/mol. The number of rotatable bonds is 9. The molecule has 5 nitrogen and oxygen atoms in total. The summed E-state index contributed by atoms with van der Waals surface area (Å²) >= 11 is 0.